The Bertz CT molecular complexity index is 415. The molecule has 1 rings (SSSR count). The van der Waals surface area contributed by atoms with Gasteiger partial charge in [0, 0.05) is 17.5 Å². The number of nitrogens with two attached hydrogens (primary N) is 1. The predicted molar refractivity (Wildman–Crippen MR) is 70.8 cm³/mol. The molecule has 0 aromatic heterocycles. The number of rotatable bonds is 4. The third kappa shape index (κ3) is 2.43. The zero-order chi connectivity index (χ0) is 14.0. The lowest BCUT2D eigenvalue weighted by atomic mass is 9.73. The van der Waals surface area contributed by atoms with Gasteiger partial charge in [-0.15, -0.1) is 0 Å². The molecule has 1 atom stereocenters. The molecule has 1 aromatic rings. The maximum Gasteiger partial charge on any atom is 0.156 e. The Morgan fingerprint density at radius 3 is 2.17 bits per heavy atom. The van der Waals surface area contributed by atoms with Crippen molar-refractivity contribution in [3.05, 3.63) is 23.8 Å². The Balaban J connectivity index is 3.44. The molecule has 0 bridgehead atoms. The summed E-state index contributed by atoms with van der Waals surface area (Å²) in [6.45, 7) is 5.34. The molecular weight excluding hydrogens is 233 g/mol. The minimum atomic E-state index is -1.67. The van der Waals surface area contributed by atoms with E-state index in [1.54, 1.807) is 25.3 Å². The van der Waals surface area contributed by atoms with Crippen LogP contribution >= 0.6 is 0 Å². The van der Waals surface area contributed by atoms with Crippen LogP contribution in [0.1, 0.15) is 26.3 Å². The van der Waals surface area contributed by atoms with Crippen LogP contribution in [-0.2, 0) is 5.67 Å². The molecule has 0 radical (unpaired) electrons. The molecule has 2 N–H and O–H groups in total. The van der Waals surface area contributed by atoms with Crippen LogP contribution < -0.4 is 15.2 Å². The fourth-order valence-corrected chi connectivity index (χ4v) is 1.94. The summed E-state index contributed by atoms with van der Waals surface area (Å²) in [5.74, 6) is 1.07. The van der Waals surface area contributed by atoms with Crippen LogP contribution in [0.4, 0.5) is 4.39 Å². The molecule has 1 unspecified atom stereocenters. The molecule has 0 spiro atoms. The van der Waals surface area contributed by atoms with Crippen molar-refractivity contribution < 1.29 is 13.9 Å². The highest BCUT2D eigenvalue weighted by Crippen LogP contribution is 2.46. The lowest BCUT2D eigenvalue weighted by Gasteiger charge is -2.38. The number of methoxy groups -OCH3 is 2. The van der Waals surface area contributed by atoms with Crippen molar-refractivity contribution in [3.8, 4) is 11.5 Å². The van der Waals surface area contributed by atoms with Gasteiger partial charge in [0.15, 0.2) is 5.67 Å². The van der Waals surface area contributed by atoms with E-state index in [2.05, 4.69) is 0 Å². The smallest absolute Gasteiger partial charge is 0.156 e. The third-order valence-electron chi connectivity index (χ3n) is 3.30. The number of hydrogen-bond donors (Lipinski definition) is 1. The van der Waals surface area contributed by atoms with Gasteiger partial charge in [-0.05, 0) is 18.2 Å². The van der Waals surface area contributed by atoms with E-state index in [0.29, 0.717) is 17.1 Å². The molecule has 102 valence electrons. The molecule has 0 heterocycles. The van der Waals surface area contributed by atoms with Gasteiger partial charge in [-0.3, -0.25) is 0 Å². The van der Waals surface area contributed by atoms with Gasteiger partial charge in [-0.2, -0.15) is 0 Å². The van der Waals surface area contributed by atoms with Crippen LogP contribution in [0.3, 0.4) is 0 Å². The number of halogens is 1. The highest BCUT2D eigenvalue weighted by atomic mass is 19.1. The van der Waals surface area contributed by atoms with E-state index in [9.17, 15) is 0 Å². The topological polar surface area (TPSA) is 44.5 Å². The van der Waals surface area contributed by atoms with Crippen molar-refractivity contribution in [1.82, 2.24) is 0 Å². The SMILES string of the molecule is COc1ccc(OC)c(C(F)(CN)C(C)(C)C)c1. The fourth-order valence-electron chi connectivity index (χ4n) is 1.94. The summed E-state index contributed by atoms with van der Waals surface area (Å²) in [7, 11) is 3.07. The van der Waals surface area contributed by atoms with E-state index in [1.165, 1.54) is 7.11 Å². The molecule has 0 fully saturated rings. The van der Waals surface area contributed by atoms with E-state index in [1.807, 2.05) is 20.8 Å². The monoisotopic (exact) mass is 255 g/mol. The van der Waals surface area contributed by atoms with Gasteiger partial charge >= 0.3 is 0 Å². The second kappa shape index (κ2) is 5.14. The van der Waals surface area contributed by atoms with E-state index in [-0.39, 0.29) is 6.54 Å². The minimum absolute atomic E-state index is 0.111. The first kappa shape index (κ1) is 14.8. The first-order valence-corrected chi connectivity index (χ1v) is 5.91. The summed E-state index contributed by atoms with van der Waals surface area (Å²) in [4.78, 5) is 0. The Kier molecular flexibility index (Phi) is 4.22. The van der Waals surface area contributed by atoms with Crippen LogP contribution in [0.15, 0.2) is 18.2 Å². The third-order valence-corrected chi connectivity index (χ3v) is 3.30. The van der Waals surface area contributed by atoms with Crippen molar-refractivity contribution in [3.63, 3.8) is 0 Å². The Hall–Kier alpha value is -1.29. The lowest BCUT2D eigenvalue weighted by Crippen LogP contribution is -2.42. The highest BCUT2D eigenvalue weighted by Gasteiger charge is 2.45. The summed E-state index contributed by atoms with van der Waals surface area (Å²) in [6, 6.07) is 5.09. The largest absolute Gasteiger partial charge is 0.497 e. The van der Waals surface area contributed by atoms with Crippen LogP contribution in [0.5, 0.6) is 11.5 Å². The van der Waals surface area contributed by atoms with E-state index >= 15 is 4.39 Å². The van der Waals surface area contributed by atoms with Gasteiger partial charge in [0.2, 0.25) is 0 Å². The summed E-state index contributed by atoms with van der Waals surface area (Å²) < 4.78 is 25.6. The van der Waals surface area contributed by atoms with E-state index < -0.39 is 11.1 Å². The predicted octanol–water partition coefficient (Wildman–Crippen LogP) is 2.87. The van der Waals surface area contributed by atoms with Gasteiger partial charge in [-0.25, -0.2) is 4.39 Å². The van der Waals surface area contributed by atoms with Crippen LogP contribution in [0.2, 0.25) is 0 Å². The normalized spacial score (nSPS) is 15.1. The van der Waals surface area contributed by atoms with Gasteiger partial charge in [0.05, 0.1) is 14.2 Å². The average molecular weight is 255 g/mol. The Labute approximate surface area is 108 Å². The number of ether oxygens (including phenoxy) is 2. The molecule has 0 aliphatic heterocycles. The first-order chi connectivity index (χ1) is 8.30. The van der Waals surface area contributed by atoms with Crippen LogP contribution in [0.25, 0.3) is 0 Å². The molecule has 1 aromatic carbocycles. The van der Waals surface area contributed by atoms with Crippen molar-refractivity contribution in [1.29, 1.82) is 0 Å². The highest BCUT2D eigenvalue weighted by molar-refractivity contribution is 5.45. The average Bonchev–Trinajstić information content (AvgIpc) is 2.35. The zero-order valence-electron chi connectivity index (χ0n) is 11.7. The summed E-state index contributed by atoms with van der Waals surface area (Å²) >= 11 is 0. The zero-order valence-corrected chi connectivity index (χ0v) is 11.7. The van der Waals surface area contributed by atoms with Gasteiger partial charge in [0.25, 0.3) is 0 Å². The molecule has 0 amide bonds. The van der Waals surface area contributed by atoms with Gasteiger partial charge < -0.3 is 15.2 Å². The Morgan fingerprint density at radius 2 is 1.78 bits per heavy atom. The summed E-state index contributed by atoms with van der Waals surface area (Å²) in [5.41, 5.74) is 3.79. The Morgan fingerprint density at radius 1 is 1.17 bits per heavy atom. The molecule has 3 nitrogen and oxygen atoms in total. The van der Waals surface area contributed by atoms with Crippen molar-refractivity contribution in [2.45, 2.75) is 26.4 Å². The lowest BCUT2D eigenvalue weighted by molar-refractivity contribution is 0.0317. The van der Waals surface area contributed by atoms with Crippen LogP contribution in [0, 0.1) is 5.41 Å². The van der Waals surface area contributed by atoms with Crippen LogP contribution in [-0.4, -0.2) is 20.8 Å². The minimum Gasteiger partial charge on any atom is -0.497 e. The summed E-state index contributed by atoms with van der Waals surface area (Å²) in [6.07, 6.45) is 0. The van der Waals surface area contributed by atoms with Crippen molar-refractivity contribution in [2.75, 3.05) is 20.8 Å². The standard InChI is InChI=1S/C14H22FNO2/c1-13(2,3)14(15,9-16)11-8-10(17-4)6-7-12(11)18-5/h6-8H,9,16H2,1-5H3. The van der Waals surface area contributed by atoms with Crippen molar-refractivity contribution >= 4 is 0 Å². The molecule has 4 heteroatoms. The molecule has 0 saturated heterocycles. The molecule has 0 aliphatic rings. The fraction of sp³-hybridized carbons (Fsp3) is 0.571. The van der Waals surface area contributed by atoms with E-state index in [4.69, 9.17) is 15.2 Å². The van der Waals surface area contributed by atoms with E-state index in [0.717, 1.165) is 0 Å². The summed E-state index contributed by atoms with van der Waals surface area (Å²) in [5, 5.41) is 0. The first-order valence-electron chi connectivity index (χ1n) is 5.91. The van der Waals surface area contributed by atoms with Gasteiger partial charge in [0.1, 0.15) is 11.5 Å². The number of benzene rings is 1. The second-order valence-electron chi connectivity index (χ2n) is 5.32. The number of hydrogen-bond acceptors (Lipinski definition) is 3. The molecular formula is C14H22FNO2. The maximum atomic E-state index is 15.3. The molecule has 0 saturated carbocycles. The van der Waals surface area contributed by atoms with Gasteiger partial charge in [-0.1, -0.05) is 20.8 Å². The maximum absolute atomic E-state index is 15.3. The molecule has 0 aliphatic carbocycles. The second-order valence-corrected chi connectivity index (χ2v) is 5.32. The van der Waals surface area contributed by atoms with Crippen molar-refractivity contribution in [2.24, 2.45) is 11.1 Å². The number of alkyl halides is 1. The molecule has 18 heavy (non-hydrogen) atoms. The quantitative estimate of drug-likeness (QED) is 0.899.